The van der Waals surface area contributed by atoms with Crippen LogP contribution in [0.25, 0.3) is 5.70 Å². The average molecular weight is 411 g/mol. The van der Waals surface area contributed by atoms with Crippen LogP contribution in [-0.2, 0) is 0 Å². The van der Waals surface area contributed by atoms with Crippen molar-refractivity contribution in [2.45, 2.75) is 12.2 Å². The minimum atomic E-state index is -0.498. The molecule has 1 aliphatic rings. The van der Waals surface area contributed by atoms with Gasteiger partial charge in [0.1, 0.15) is 12.0 Å². The summed E-state index contributed by atoms with van der Waals surface area (Å²) in [5, 5.41) is 18.0. The number of methoxy groups -OCH3 is 1. The molecule has 0 spiro atoms. The molecule has 4 rings (SSSR count). The molecule has 3 aromatic carbocycles. The first-order chi connectivity index (χ1) is 14.1. The van der Waals surface area contributed by atoms with Gasteiger partial charge in [-0.2, -0.15) is 0 Å². The van der Waals surface area contributed by atoms with Gasteiger partial charge in [-0.3, -0.25) is 5.32 Å². The van der Waals surface area contributed by atoms with E-state index in [1.165, 1.54) is 13.2 Å². The largest absolute Gasteiger partial charge is 0.504 e. The highest BCUT2D eigenvalue weighted by Crippen LogP contribution is 2.38. The molecule has 1 heterocycles. The first kappa shape index (κ1) is 19.3. The van der Waals surface area contributed by atoms with E-state index in [1.807, 2.05) is 30.3 Å². The van der Waals surface area contributed by atoms with Crippen LogP contribution in [0.3, 0.4) is 0 Å². The maximum atomic E-state index is 14.5. The highest BCUT2D eigenvalue weighted by molar-refractivity contribution is 6.30. The minimum Gasteiger partial charge on any atom is -0.504 e. The van der Waals surface area contributed by atoms with E-state index in [4.69, 9.17) is 16.3 Å². The lowest BCUT2D eigenvalue weighted by Gasteiger charge is -2.33. The Balaban J connectivity index is 1.79. The normalized spacial score (nSPS) is 18.7. The van der Waals surface area contributed by atoms with Crippen molar-refractivity contribution < 1.29 is 14.2 Å². The number of rotatable bonds is 4. The monoisotopic (exact) mass is 410 g/mol. The molecule has 2 unspecified atom stereocenters. The van der Waals surface area contributed by atoms with E-state index >= 15 is 0 Å². The van der Waals surface area contributed by atoms with E-state index in [9.17, 15) is 9.50 Å². The van der Waals surface area contributed by atoms with Crippen molar-refractivity contribution in [2.75, 3.05) is 7.11 Å². The van der Waals surface area contributed by atoms with E-state index in [-0.39, 0.29) is 17.6 Å². The zero-order valence-corrected chi connectivity index (χ0v) is 16.5. The molecule has 0 saturated carbocycles. The predicted molar refractivity (Wildman–Crippen MR) is 112 cm³/mol. The Morgan fingerprint density at radius 1 is 0.966 bits per heavy atom. The molecule has 0 aromatic heterocycles. The maximum Gasteiger partial charge on any atom is 0.162 e. The summed E-state index contributed by atoms with van der Waals surface area (Å²) in [6.07, 6.45) is 1.46. The zero-order valence-electron chi connectivity index (χ0n) is 15.7. The van der Waals surface area contributed by atoms with Gasteiger partial charge in [0.05, 0.1) is 13.2 Å². The number of halogens is 2. The van der Waals surface area contributed by atoms with Gasteiger partial charge in [0.15, 0.2) is 11.5 Å². The number of phenolic OH excluding ortho intramolecular Hbond substituents is 1. The smallest absolute Gasteiger partial charge is 0.162 e. The fourth-order valence-electron chi connectivity index (χ4n) is 3.46. The van der Waals surface area contributed by atoms with Gasteiger partial charge in [0.2, 0.25) is 0 Å². The van der Waals surface area contributed by atoms with Crippen molar-refractivity contribution in [3.05, 3.63) is 100 Å². The number of ether oxygens (including phenoxy) is 1. The van der Waals surface area contributed by atoms with Gasteiger partial charge < -0.3 is 15.2 Å². The van der Waals surface area contributed by atoms with Crippen molar-refractivity contribution in [1.29, 1.82) is 0 Å². The maximum absolute atomic E-state index is 14.5. The third-order valence-corrected chi connectivity index (χ3v) is 5.19. The van der Waals surface area contributed by atoms with Gasteiger partial charge in [-0.1, -0.05) is 54.1 Å². The number of nitrogens with one attached hydrogen (secondary N) is 2. The first-order valence-electron chi connectivity index (χ1n) is 9.17. The molecule has 3 N–H and O–H groups in total. The molecule has 0 radical (unpaired) electrons. The summed E-state index contributed by atoms with van der Waals surface area (Å²) < 4.78 is 19.7. The van der Waals surface area contributed by atoms with Crippen molar-refractivity contribution in [2.24, 2.45) is 0 Å². The lowest BCUT2D eigenvalue weighted by molar-refractivity contribution is 0.362. The molecule has 148 valence electrons. The van der Waals surface area contributed by atoms with Crippen LogP contribution < -0.4 is 15.4 Å². The molecule has 0 saturated heterocycles. The van der Waals surface area contributed by atoms with Crippen molar-refractivity contribution >= 4 is 17.3 Å². The van der Waals surface area contributed by atoms with Crippen LogP contribution in [0.15, 0.2) is 72.8 Å². The number of hydrogen-bond acceptors (Lipinski definition) is 4. The standard InChI is InChI=1S/C23H20ClFN2O2/c1-29-21-8-4-6-17(22(21)28)20-13-19(14-9-11-15(24)12-10-14)26-23(27-20)16-5-2-3-7-18(16)25/h2-13,20,23,26-28H,1H3. The molecule has 6 heteroatoms. The van der Waals surface area contributed by atoms with E-state index in [1.54, 1.807) is 36.4 Å². The molecule has 2 atom stereocenters. The zero-order chi connectivity index (χ0) is 20.4. The molecule has 0 fully saturated rings. The SMILES string of the molecule is COc1cccc(C2C=C(c3ccc(Cl)cc3)NC(c3ccccc3F)N2)c1O. The number of hydrogen-bond donors (Lipinski definition) is 3. The summed E-state index contributed by atoms with van der Waals surface area (Å²) in [6.45, 7) is 0. The third-order valence-electron chi connectivity index (χ3n) is 4.94. The second-order valence-corrected chi connectivity index (χ2v) is 7.16. The van der Waals surface area contributed by atoms with Crippen LogP contribution >= 0.6 is 11.6 Å². The lowest BCUT2D eigenvalue weighted by atomic mass is 9.97. The molecule has 4 nitrogen and oxygen atoms in total. The van der Waals surface area contributed by atoms with Crippen LogP contribution in [0.2, 0.25) is 5.02 Å². The quantitative estimate of drug-likeness (QED) is 0.555. The summed E-state index contributed by atoms with van der Waals surface area (Å²) in [5.74, 6) is 0.114. The average Bonchev–Trinajstić information content (AvgIpc) is 2.74. The van der Waals surface area contributed by atoms with Crippen LogP contribution in [0.1, 0.15) is 28.9 Å². The summed E-state index contributed by atoms with van der Waals surface area (Å²) >= 11 is 6.03. The van der Waals surface area contributed by atoms with Gasteiger partial charge in [-0.05, 0) is 35.9 Å². The number of benzene rings is 3. The number of aromatic hydroxyl groups is 1. The van der Waals surface area contributed by atoms with E-state index in [0.717, 1.165) is 11.3 Å². The van der Waals surface area contributed by atoms with Crippen molar-refractivity contribution in [3.63, 3.8) is 0 Å². The first-order valence-corrected chi connectivity index (χ1v) is 9.55. The van der Waals surface area contributed by atoms with Crippen LogP contribution in [0, 0.1) is 5.82 Å². The molecule has 1 aliphatic heterocycles. The van der Waals surface area contributed by atoms with Gasteiger partial charge in [0, 0.05) is 21.8 Å². The Morgan fingerprint density at radius 2 is 1.69 bits per heavy atom. The Labute approximate surface area is 173 Å². The van der Waals surface area contributed by atoms with Gasteiger partial charge in [-0.15, -0.1) is 0 Å². The lowest BCUT2D eigenvalue weighted by Crippen LogP contribution is -2.40. The van der Waals surface area contributed by atoms with E-state index < -0.39 is 6.17 Å². The topological polar surface area (TPSA) is 53.5 Å². The number of phenols is 1. The Kier molecular flexibility index (Phi) is 5.43. The molecule has 29 heavy (non-hydrogen) atoms. The van der Waals surface area contributed by atoms with Crippen molar-refractivity contribution in [1.82, 2.24) is 10.6 Å². The molecule has 0 amide bonds. The summed E-state index contributed by atoms with van der Waals surface area (Å²) in [4.78, 5) is 0. The summed E-state index contributed by atoms with van der Waals surface area (Å²) in [5.41, 5.74) is 2.84. The van der Waals surface area contributed by atoms with Gasteiger partial charge >= 0.3 is 0 Å². The second-order valence-electron chi connectivity index (χ2n) is 6.73. The molecular weight excluding hydrogens is 391 g/mol. The predicted octanol–water partition coefficient (Wildman–Crippen LogP) is 5.17. The fourth-order valence-corrected chi connectivity index (χ4v) is 3.59. The highest BCUT2D eigenvalue weighted by Gasteiger charge is 2.27. The van der Waals surface area contributed by atoms with Crippen LogP contribution in [0.5, 0.6) is 11.5 Å². The summed E-state index contributed by atoms with van der Waals surface area (Å²) in [7, 11) is 1.51. The highest BCUT2D eigenvalue weighted by atomic mass is 35.5. The van der Waals surface area contributed by atoms with Crippen LogP contribution in [0.4, 0.5) is 4.39 Å². The molecule has 0 bridgehead atoms. The van der Waals surface area contributed by atoms with Crippen LogP contribution in [-0.4, -0.2) is 12.2 Å². The molecule has 0 aliphatic carbocycles. The van der Waals surface area contributed by atoms with Gasteiger partial charge in [0.25, 0.3) is 0 Å². The number of para-hydroxylation sites is 1. The summed E-state index contributed by atoms with van der Waals surface area (Å²) in [6, 6.07) is 18.9. The third kappa shape index (κ3) is 3.92. The Bertz CT molecular complexity index is 1050. The minimum absolute atomic E-state index is 0.0494. The fraction of sp³-hybridized carbons (Fsp3) is 0.130. The Hall–Kier alpha value is -3.02. The van der Waals surface area contributed by atoms with Gasteiger partial charge in [-0.25, -0.2) is 4.39 Å². The molecule has 3 aromatic rings. The van der Waals surface area contributed by atoms with E-state index in [0.29, 0.717) is 21.9 Å². The van der Waals surface area contributed by atoms with Crippen molar-refractivity contribution in [3.8, 4) is 11.5 Å². The Morgan fingerprint density at radius 3 is 2.41 bits per heavy atom. The molecular formula is C23H20ClFN2O2. The van der Waals surface area contributed by atoms with E-state index in [2.05, 4.69) is 10.6 Å². The second kappa shape index (κ2) is 8.15.